The number of carbonyl (C=O) groups is 1. The average Bonchev–Trinajstić information content (AvgIpc) is 2.42. The van der Waals surface area contributed by atoms with Crippen LogP contribution in [-0.2, 0) is 4.79 Å². The highest BCUT2D eigenvalue weighted by atomic mass is 16.2. The van der Waals surface area contributed by atoms with Crippen LogP contribution in [0, 0.1) is 34.5 Å². The molecule has 1 heterocycles. The van der Waals surface area contributed by atoms with E-state index in [0.29, 0.717) is 11.8 Å². The first-order chi connectivity index (χ1) is 9.14. The van der Waals surface area contributed by atoms with E-state index in [4.69, 9.17) is 0 Å². The minimum atomic E-state index is -0.666. The molecule has 0 aromatic heterocycles. The van der Waals surface area contributed by atoms with Gasteiger partial charge in [-0.1, -0.05) is 26.2 Å². The van der Waals surface area contributed by atoms with Crippen LogP contribution in [0.25, 0.3) is 0 Å². The van der Waals surface area contributed by atoms with Gasteiger partial charge in [0.1, 0.15) is 5.41 Å². The van der Waals surface area contributed by atoms with Crippen LogP contribution in [0.2, 0.25) is 0 Å². The van der Waals surface area contributed by atoms with E-state index in [1.807, 2.05) is 4.90 Å². The molecule has 19 heavy (non-hydrogen) atoms. The monoisotopic (exact) mass is 260 g/mol. The molecule has 2 unspecified atom stereocenters. The third-order valence-corrected chi connectivity index (χ3v) is 5.60. The van der Waals surface area contributed by atoms with E-state index in [1.54, 1.807) is 0 Å². The topological polar surface area (TPSA) is 44.1 Å². The Bertz CT molecular complexity index is 405. The summed E-state index contributed by atoms with van der Waals surface area (Å²) in [5.74, 6) is 2.23. The highest BCUT2D eigenvalue weighted by molar-refractivity contribution is 5.86. The van der Waals surface area contributed by atoms with Gasteiger partial charge in [-0.3, -0.25) is 4.79 Å². The van der Waals surface area contributed by atoms with Crippen LogP contribution in [0.4, 0.5) is 0 Å². The zero-order chi connectivity index (χ0) is 13.5. The predicted octanol–water partition coefficient (Wildman–Crippen LogP) is 2.96. The molecule has 1 aliphatic heterocycles. The highest BCUT2D eigenvalue weighted by Gasteiger charge is 2.51. The Balaban J connectivity index is 1.66. The lowest BCUT2D eigenvalue weighted by molar-refractivity contribution is -0.148. The molecule has 2 atom stereocenters. The van der Waals surface area contributed by atoms with Crippen molar-refractivity contribution < 1.29 is 4.79 Å². The van der Waals surface area contributed by atoms with Crippen LogP contribution in [-0.4, -0.2) is 23.9 Å². The first-order valence-electron chi connectivity index (χ1n) is 7.85. The van der Waals surface area contributed by atoms with Crippen molar-refractivity contribution >= 4 is 5.91 Å². The average molecular weight is 260 g/mol. The SMILES string of the molecule is CC1CC(C#N)(C(=O)N2CCC3CCCCC3C2)C1. The van der Waals surface area contributed by atoms with Gasteiger partial charge in [0.05, 0.1) is 6.07 Å². The number of nitrogens with zero attached hydrogens (tertiary/aromatic N) is 2. The lowest BCUT2D eigenvalue weighted by Crippen LogP contribution is -2.54. The second-order valence-corrected chi connectivity index (χ2v) is 7.05. The summed E-state index contributed by atoms with van der Waals surface area (Å²) in [5.41, 5.74) is -0.666. The van der Waals surface area contributed by atoms with Crippen LogP contribution < -0.4 is 0 Å². The maximum Gasteiger partial charge on any atom is 0.243 e. The molecule has 1 amide bonds. The first kappa shape index (κ1) is 13.0. The van der Waals surface area contributed by atoms with Gasteiger partial charge in [0.25, 0.3) is 0 Å². The summed E-state index contributed by atoms with van der Waals surface area (Å²) in [5, 5.41) is 9.39. The third kappa shape index (κ3) is 2.16. The molecule has 3 heteroatoms. The van der Waals surface area contributed by atoms with Gasteiger partial charge < -0.3 is 4.90 Å². The Morgan fingerprint density at radius 2 is 1.89 bits per heavy atom. The Morgan fingerprint density at radius 1 is 1.21 bits per heavy atom. The fourth-order valence-electron chi connectivity index (χ4n) is 4.53. The Hall–Kier alpha value is -1.04. The van der Waals surface area contributed by atoms with Crippen molar-refractivity contribution in [3.05, 3.63) is 0 Å². The molecular weight excluding hydrogens is 236 g/mol. The van der Waals surface area contributed by atoms with Crippen molar-refractivity contribution in [2.24, 2.45) is 23.2 Å². The molecule has 1 saturated heterocycles. The van der Waals surface area contributed by atoms with E-state index < -0.39 is 5.41 Å². The Labute approximate surface area is 116 Å². The van der Waals surface area contributed by atoms with Crippen molar-refractivity contribution in [2.75, 3.05) is 13.1 Å². The summed E-state index contributed by atoms with van der Waals surface area (Å²) in [4.78, 5) is 14.7. The van der Waals surface area contributed by atoms with E-state index in [0.717, 1.165) is 38.3 Å². The number of hydrogen-bond acceptors (Lipinski definition) is 2. The number of rotatable bonds is 1. The molecule has 0 N–H and O–H groups in total. The summed E-state index contributed by atoms with van der Waals surface area (Å²) >= 11 is 0. The summed E-state index contributed by atoms with van der Waals surface area (Å²) in [6.07, 6.45) is 8.03. The van der Waals surface area contributed by atoms with Gasteiger partial charge in [-0.2, -0.15) is 5.26 Å². The van der Waals surface area contributed by atoms with Crippen LogP contribution in [0.5, 0.6) is 0 Å². The van der Waals surface area contributed by atoms with Gasteiger partial charge in [0, 0.05) is 13.1 Å². The van der Waals surface area contributed by atoms with Gasteiger partial charge >= 0.3 is 0 Å². The molecule has 0 aromatic carbocycles. The molecule has 2 aliphatic carbocycles. The smallest absolute Gasteiger partial charge is 0.243 e. The molecule has 104 valence electrons. The zero-order valence-electron chi connectivity index (χ0n) is 11.9. The summed E-state index contributed by atoms with van der Waals surface area (Å²) in [6.45, 7) is 3.94. The van der Waals surface area contributed by atoms with Gasteiger partial charge in [-0.05, 0) is 43.4 Å². The molecule has 3 aliphatic rings. The largest absolute Gasteiger partial charge is 0.341 e. The number of likely N-dealkylation sites (tertiary alicyclic amines) is 1. The molecule has 0 bridgehead atoms. The number of fused-ring (bicyclic) bond motifs is 1. The first-order valence-corrected chi connectivity index (χ1v) is 7.85. The normalized spacial score (nSPS) is 41.9. The maximum absolute atomic E-state index is 12.7. The number of amides is 1. The van der Waals surface area contributed by atoms with Crippen LogP contribution in [0.15, 0.2) is 0 Å². The quantitative estimate of drug-likeness (QED) is 0.727. The summed E-state index contributed by atoms with van der Waals surface area (Å²) < 4.78 is 0. The minimum absolute atomic E-state index is 0.136. The second-order valence-electron chi connectivity index (χ2n) is 7.05. The number of nitriles is 1. The van der Waals surface area contributed by atoms with E-state index in [2.05, 4.69) is 13.0 Å². The fourth-order valence-corrected chi connectivity index (χ4v) is 4.53. The fraction of sp³-hybridized carbons (Fsp3) is 0.875. The number of piperidine rings is 1. The number of carbonyl (C=O) groups excluding carboxylic acids is 1. The Kier molecular flexibility index (Phi) is 3.28. The van der Waals surface area contributed by atoms with Crippen LogP contribution in [0.3, 0.4) is 0 Å². The number of hydrogen-bond donors (Lipinski definition) is 0. The molecule has 3 rings (SSSR count). The minimum Gasteiger partial charge on any atom is -0.341 e. The zero-order valence-corrected chi connectivity index (χ0v) is 11.9. The van der Waals surface area contributed by atoms with Gasteiger partial charge in [0.15, 0.2) is 0 Å². The van der Waals surface area contributed by atoms with E-state index in [1.165, 1.54) is 25.7 Å². The van der Waals surface area contributed by atoms with Crippen molar-refractivity contribution in [2.45, 2.75) is 51.9 Å². The summed E-state index contributed by atoms with van der Waals surface area (Å²) in [7, 11) is 0. The molecule has 3 fully saturated rings. The molecule has 2 saturated carbocycles. The van der Waals surface area contributed by atoms with Crippen LogP contribution >= 0.6 is 0 Å². The standard InChI is InChI=1S/C16H24N2O/c1-12-8-16(9-12,11-17)15(19)18-7-6-13-4-2-3-5-14(13)10-18/h12-14H,2-10H2,1H3. The van der Waals surface area contributed by atoms with E-state index >= 15 is 0 Å². The van der Waals surface area contributed by atoms with Crippen molar-refractivity contribution in [1.29, 1.82) is 5.26 Å². The molecule has 0 aromatic rings. The van der Waals surface area contributed by atoms with Gasteiger partial charge in [-0.25, -0.2) is 0 Å². The third-order valence-electron chi connectivity index (χ3n) is 5.60. The van der Waals surface area contributed by atoms with Crippen molar-refractivity contribution in [3.63, 3.8) is 0 Å². The van der Waals surface area contributed by atoms with Gasteiger partial charge in [-0.15, -0.1) is 0 Å². The molecule has 3 nitrogen and oxygen atoms in total. The van der Waals surface area contributed by atoms with Crippen LogP contribution in [0.1, 0.15) is 51.9 Å². The van der Waals surface area contributed by atoms with Crippen molar-refractivity contribution in [3.8, 4) is 6.07 Å². The summed E-state index contributed by atoms with van der Waals surface area (Å²) in [6, 6.07) is 2.32. The second kappa shape index (κ2) is 4.81. The maximum atomic E-state index is 12.7. The lowest BCUT2D eigenvalue weighted by atomic mass is 9.62. The molecule has 0 spiro atoms. The van der Waals surface area contributed by atoms with Crippen molar-refractivity contribution in [1.82, 2.24) is 4.90 Å². The molecular formula is C16H24N2O. The van der Waals surface area contributed by atoms with Gasteiger partial charge in [0.2, 0.25) is 5.91 Å². The van der Waals surface area contributed by atoms with E-state index in [-0.39, 0.29) is 5.91 Å². The predicted molar refractivity (Wildman–Crippen MR) is 73.1 cm³/mol. The van der Waals surface area contributed by atoms with E-state index in [9.17, 15) is 10.1 Å². The lowest BCUT2D eigenvalue weighted by Gasteiger charge is -2.47. The highest BCUT2D eigenvalue weighted by Crippen LogP contribution is 2.47. The Morgan fingerprint density at radius 3 is 2.53 bits per heavy atom. The molecule has 0 radical (unpaired) electrons.